The molecule has 1 aromatic rings. The van der Waals surface area contributed by atoms with Gasteiger partial charge in [0.1, 0.15) is 12.1 Å². The molecule has 98 valence electrons. The van der Waals surface area contributed by atoms with E-state index >= 15 is 0 Å². The Morgan fingerprint density at radius 1 is 0.895 bits per heavy atom. The van der Waals surface area contributed by atoms with Crippen LogP contribution < -0.4 is 10.2 Å². The molecule has 2 rings (SSSR count). The summed E-state index contributed by atoms with van der Waals surface area (Å²) in [6.07, 6.45) is 0. The number of piperazine rings is 1. The molecule has 1 aromatic carbocycles. The lowest BCUT2D eigenvalue weighted by Crippen LogP contribution is -2.44. The molecule has 0 radical (unpaired) electrons. The number of nitrogens with zero attached hydrogens (tertiary/aromatic N) is 3. The highest BCUT2D eigenvalue weighted by atomic mass is 35.5. The number of anilines is 1. The van der Waals surface area contributed by atoms with Crippen LogP contribution in [0, 0.1) is 22.7 Å². The molecular weight excluding hydrogens is 307 g/mol. The SMILES string of the molecule is N#Cc1c(Cl)c(Cl)c(N2CCNCC2)c(C#N)c1Cl. The summed E-state index contributed by atoms with van der Waals surface area (Å²) < 4.78 is 0. The van der Waals surface area contributed by atoms with Crippen LogP contribution >= 0.6 is 34.8 Å². The summed E-state index contributed by atoms with van der Waals surface area (Å²) in [6, 6.07) is 3.89. The van der Waals surface area contributed by atoms with Crippen molar-refractivity contribution in [2.24, 2.45) is 0 Å². The maximum atomic E-state index is 9.28. The Morgan fingerprint density at radius 3 is 2.00 bits per heavy atom. The first kappa shape index (κ1) is 14.2. The molecule has 0 aromatic heterocycles. The molecule has 0 atom stereocenters. The highest BCUT2D eigenvalue weighted by molar-refractivity contribution is 6.46. The number of halogens is 3. The summed E-state index contributed by atoms with van der Waals surface area (Å²) in [6.45, 7) is 2.98. The second-order valence-electron chi connectivity index (χ2n) is 4.00. The molecule has 1 aliphatic heterocycles. The molecule has 19 heavy (non-hydrogen) atoms. The number of hydrogen-bond acceptors (Lipinski definition) is 4. The normalized spacial score (nSPS) is 14.9. The standard InChI is InChI=1S/C12H9Cl3N4/c13-9-7(5-16)10(14)11(15)12(8(9)6-17)19-3-1-18-2-4-19/h18H,1-4H2. The second-order valence-corrected chi connectivity index (χ2v) is 5.14. The summed E-state index contributed by atoms with van der Waals surface area (Å²) in [4.78, 5) is 1.95. The van der Waals surface area contributed by atoms with Crippen LogP contribution in [0.5, 0.6) is 0 Å². The van der Waals surface area contributed by atoms with Gasteiger partial charge in [-0.1, -0.05) is 34.8 Å². The van der Waals surface area contributed by atoms with Gasteiger partial charge in [-0.3, -0.25) is 0 Å². The number of benzene rings is 1. The van der Waals surface area contributed by atoms with E-state index in [4.69, 9.17) is 40.1 Å². The summed E-state index contributed by atoms with van der Waals surface area (Å²) in [5.74, 6) is 0. The number of hydrogen-bond donors (Lipinski definition) is 1. The third kappa shape index (κ3) is 2.45. The molecule has 1 N–H and O–H groups in total. The molecule has 0 spiro atoms. The van der Waals surface area contributed by atoms with Crippen LogP contribution in [0.4, 0.5) is 5.69 Å². The largest absolute Gasteiger partial charge is 0.367 e. The second kappa shape index (κ2) is 5.86. The van der Waals surface area contributed by atoms with Gasteiger partial charge in [0.15, 0.2) is 0 Å². The van der Waals surface area contributed by atoms with E-state index in [1.165, 1.54) is 0 Å². The van der Waals surface area contributed by atoms with Crippen LogP contribution in [0.15, 0.2) is 0 Å². The van der Waals surface area contributed by atoms with Gasteiger partial charge in [0, 0.05) is 26.2 Å². The Morgan fingerprint density at radius 2 is 1.47 bits per heavy atom. The first-order chi connectivity index (χ1) is 9.11. The molecule has 7 heteroatoms. The quantitative estimate of drug-likeness (QED) is 0.809. The van der Waals surface area contributed by atoms with E-state index in [1.807, 2.05) is 17.0 Å². The van der Waals surface area contributed by atoms with Crippen molar-refractivity contribution in [3.8, 4) is 12.1 Å². The van der Waals surface area contributed by atoms with Gasteiger partial charge < -0.3 is 10.2 Å². The minimum atomic E-state index is 0.0452. The highest BCUT2D eigenvalue weighted by Gasteiger charge is 2.25. The van der Waals surface area contributed by atoms with Gasteiger partial charge in [0.2, 0.25) is 0 Å². The van der Waals surface area contributed by atoms with E-state index in [0.29, 0.717) is 18.8 Å². The van der Waals surface area contributed by atoms with Crippen molar-refractivity contribution in [2.75, 3.05) is 31.1 Å². The third-order valence-electron chi connectivity index (χ3n) is 2.95. The van der Waals surface area contributed by atoms with Gasteiger partial charge in [0.05, 0.1) is 31.9 Å². The van der Waals surface area contributed by atoms with Crippen molar-refractivity contribution in [1.29, 1.82) is 10.5 Å². The molecular formula is C12H9Cl3N4. The fourth-order valence-corrected chi connectivity index (χ4v) is 2.89. The van der Waals surface area contributed by atoms with Gasteiger partial charge in [0.25, 0.3) is 0 Å². The zero-order chi connectivity index (χ0) is 14.0. The minimum absolute atomic E-state index is 0.0452. The minimum Gasteiger partial charge on any atom is -0.367 e. The average Bonchev–Trinajstić information content (AvgIpc) is 2.44. The Labute approximate surface area is 126 Å². The van der Waals surface area contributed by atoms with E-state index < -0.39 is 0 Å². The number of rotatable bonds is 1. The maximum absolute atomic E-state index is 9.28. The number of nitriles is 2. The van der Waals surface area contributed by atoms with Crippen molar-refractivity contribution in [2.45, 2.75) is 0 Å². The molecule has 1 saturated heterocycles. The fourth-order valence-electron chi connectivity index (χ4n) is 2.03. The first-order valence-electron chi connectivity index (χ1n) is 5.58. The third-order valence-corrected chi connectivity index (χ3v) is 4.17. The first-order valence-corrected chi connectivity index (χ1v) is 6.71. The fraction of sp³-hybridized carbons (Fsp3) is 0.333. The smallest absolute Gasteiger partial charge is 0.103 e. The Bertz CT molecular complexity index is 595. The van der Waals surface area contributed by atoms with Gasteiger partial charge in [-0.05, 0) is 0 Å². The van der Waals surface area contributed by atoms with Crippen LogP contribution in [0.25, 0.3) is 0 Å². The van der Waals surface area contributed by atoms with Gasteiger partial charge in [-0.15, -0.1) is 0 Å². The van der Waals surface area contributed by atoms with E-state index in [1.54, 1.807) is 0 Å². The van der Waals surface area contributed by atoms with Crippen LogP contribution in [0.2, 0.25) is 15.1 Å². The van der Waals surface area contributed by atoms with Crippen LogP contribution in [-0.4, -0.2) is 26.2 Å². The van der Waals surface area contributed by atoms with Crippen molar-refractivity contribution >= 4 is 40.5 Å². The van der Waals surface area contributed by atoms with Crippen molar-refractivity contribution in [3.63, 3.8) is 0 Å². The maximum Gasteiger partial charge on any atom is 0.103 e. The van der Waals surface area contributed by atoms with Crippen LogP contribution in [0.3, 0.4) is 0 Å². The van der Waals surface area contributed by atoms with Crippen molar-refractivity contribution in [1.82, 2.24) is 5.32 Å². The Kier molecular flexibility index (Phi) is 4.39. The van der Waals surface area contributed by atoms with Gasteiger partial charge >= 0.3 is 0 Å². The lowest BCUT2D eigenvalue weighted by molar-refractivity contribution is 0.589. The zero-order valence-corrected chi connectivity index (χ0v) is 12.1. The van der Waals surface area contributed by atoms with E-state index in [-0.39, 0.29) is 26.2 Å². The predicted octanol–water partition coefficient (Wildman–Crippen LogP) is 2.80. The lowest BCUT2D eigenvalue weighted by atomic mass is 10.1. The molecule has 1 fully saturated rings. The van der Waals surface area contributed by atoms with E-state index in [9.17, 15) is 5.26 Å². The molecule has 4 nitrogen and oxygen atoms in total. The van der Waals surface area contributed by atoms with Gasteiger partial charge in [-0.2, -0.15) is 10.5 Å². The van der Waals surface area contributed by atoms with E-state index in [0.717, 1.165) is 13.1 Å². The molecule has 1 heterocycles. The van der Waals surface area contributed by atoms with Gasteiger partial charge in [-0.25, -0.2) is 0 Å². The summed E-state index contributed by atoms with van der Waals surface area (Å²) in [7, 11) is 0. The topological polar surface area (TPSA) is 62.9 Å². The monoisotopic (exact) mass is 314 g/mol. The lowest BCUT2D eigenvalue weighted by Gasteiger charge is -2.31. The van der Waals surface area contributed by atoms with Crippen LogP contribution in [-0.2, 0) is 0 Å². The van der Waals surface area contributed by atoms with E-state index in [2.05, 4.69) is 5.32 Å². The Hall–Kier alpha value is -1.17. The molecule has 0 aliphatic carbocycles. The summed E-state index contributed by atoms with van der Waals surface area (Å²) >= 11 is 18.4. The molecule has 0 amide bonds. The number of nitrogens with one attached hydrogen (secondary N) is 1. The summed E-state index contributed by atoms with van der Waals surface area (Å²) in [5, 5.41) is 21.9. The Balaban J connectivity index is 2.67. The molecule has 0 bridgehead atoms. The van der Waals surface area contributed by atoms with Crippen molar-refractivity contribution < 1.29 is 0 Å². The zero-order valence-electron chi connectivity index (χ0n) is 9.80. The molecule has 1 aliphatic rings. The average molecular weight is 316 g/mol. The van der Waals surface area contributed by atoms with Crippen molar-refractivity contribution in [3.05, 3.63) is 26.2 Å². The molecule has 0 unspecified atom stereocenters. The summed E-state index contributed by atoms with van der Waals surface area (Å²) in [5.41, 5.74) is 0.762. The predicted molar refractivity (Wildman–Crippen MR) is 76.0 cm³/mol. The van der Waals surface area contributed by atoms with Crippen LogP contribution in [0.1, 0.15) is 11.1 Å². The highest BCUT2D eigenvalue weighted by Crippen LogP contribution is 2.42. The molecule has 0 saturated carbocycles.